The smallest absolute Gasteiger partial charge is 0.257 e. The van der Waals surface area contributed by atoms with Gasteiger partial charge in [-0.05, 0) is 61.5 Å². The number of aryl methyl sites for hydroxylation is 1. The zero-order valence-corrected chi connectivity index (χ0v) is 19.2. The van der Waals surface area contributed by atoms with Crippen molar-refractivity contribution >= 4 is 39.9 Å². The maximum absolute atomic E-state index is 12.8. The Morgan fingerprint density at radius 1 is 0.941 bits per heavy atom. The molecule has 5 rings (SSSR count). The van der Waals surface area contributed by atoms with E-state index >= 15 is 0 Å². The Hall–Kier alpha value is -4.16. The van der Waals surface area contributed by atoms with Crippen LogP contribution in [0.1, 0.15) is 33.4 Å². The van der Waals surface area contributed by atoms with Crippen molar-refractivity contribution in [1.82, 2.24) is 15.0 Å². The highest BCUT2D eigenvalue weighted by molar-refractivity contribution is 6.34. The van der Waals surface area contributed by atoms with Gasteiger partial charge in [0.1, 0.15) is 5.82 Å². The molecule has 0 aliphatic heterocycles. The molecule has 7 heteroatoms. The molecule has 3 N–H and O–H groups in total. The molecule has 34 heavy (non-hydrogen) atoms. The molecule has 3 heterocycles. The molecule has 168 valence electrons. The van der Waals surface area contributed by atoms with E-state index < -0.39 is 0 Å². The molecule has 1 atom stereocenters. The molecule has 3 aromatic heterocycles. The van der Waals surface area contributed by atoms with Crippen LogP contribution in [-0.2, 0) is 0 Å². The van der Waals surface area contributed by atoms with Crippen molar-refractivity contribution in [2.75, 3.05) is 10.6 Å². The average molecular weight is 468 g/mol. The van der Waals surface area contributed by atoms with Gasteiger partial charge in [0.2, 0.25) is 0 Å². The van der Waals surface area contributed by atoms with E-state index in [0.717, 1.165) is 33.7 Å². The second-order valence-electron chi connectivity index (χ2n) is 7.90. The Morgan fingerprint density at radius 2 is 1.71 bits per heavy atom. The van der Waals surface area contributed by atoms with E-state index in [1.807, 2.05) is 61.5 Å². The van der Waals surface area contributed by atoms with Crippen molar-refractivity contribution in [3.8, 4) is 0 Å². The summed E-state index contributed by atoms with van der Waals surface area (Å²) in [5.41, 5.74) is 4.97. The largest absolute Gasteiger partial charge is 0.358 e. The van der Waals surface area contributed by atoms with Gasteiger partial charge in [0.15, 0.2) is 0 Å². The molecular weight excluding hydrogens is 446 g/mol. The van der Waals surface area contributed by atoms with Gasteiger partial charge in [-0.25, -0.2) is 4.98 Å². The summed E-state index contributed by atoms with van der Waals surface area (Å²) >= 11 is 6.21. The van der Waals surface area contributed by atoms with Crippen LogP contribution in [0.3, 0.4) is 0 Å². The molecule has 0 saturated heterocycles. The van der Waals surface area contributed by atoms with Crippen LogP contribution in [0.15, 0.2) is 91.3 Å². The lowest BCUT2D eigenvalue weighted by molar-refractivity contribution is 0.102. The van der Waals surface area contributed by atoms with Gasteiger partial charge in [0, 0.05) is 40.2 Å². The maximum atomic E-state index is 12.8. The van der Waals surface area contributed by atoms with E-state index in [1.165, 1.54) is 0 Å². The average Bonchev–Trinajstić information content (AvgIpc) is 3.19. The highest BCUT2D eigenvalue weighted by atomic mass is 35.5. The molecule has 0 unspecified atom stereocenters. The molecule has 0 fully saturated rings. The fourth-order valence-corrected chi connectivity index (χ4v) is 4.30. The molecule has 0 saturated carbocycles. The summed E-state index contributed by atoms with van der Waals surface area (Å²) in [6, 6.07) is 24.1. The van der Waals surface area contributed by atoms with Crippen molar-refractivity contribution in [3.05, 3.63) is 119 Å². The summed E-state index contributed by atoms with van der Waals surface area (Å²) in [7, 11) is 0. The highest BCUT2D eigenvalue weighted by Gasteiger charge is 2.23. The van der Waals surface area contributed by atoms with Crippen LogP contribution >= 0.6 is 11.6 Å². The summed E-state index contributed by atoms with van der Waals surface area (Å²) < 4.78 is 0. The molecule has 0 radical (unpaired) electrons. The monoisotopic (exact) mass is 467 g/mol. The van der Waals surface area contributed by atoms with E-state index in [0.29, 0.717) is 16.3 Å². The number of aromatic amines is 1. The van der Waals surface area contributed by atoms with Crippen LogP contribution < -0.4 is 10.6 Å². The van der Waals surface area contributed by atoms with Gasteiger partial charge in [-0.3, -0.25) is 9.78 Å². The lowest BCUT2D eigenvalue weighted by atomic mass is 9.99. The number of fused-ring (bicyclic) bond motifs is 1. The number of carbonyl (C=O) groups excluding carboxylic acids is 1. The van der Waals surface area contributed by atoms with Crippen LogP contribution in [-0.4, -0.2) is 20.9 Å². The summed E-state index contributed by atoms with van der Waals surface area (Å²) in [6.45, 7) is 2.04. The Labute approximate surface area is 202 Å². The first-order chi connectivity index (χ1) is 16.6. The van der Waals surface area contributed by atoms with Crippen molar-refractivity contribution < 1.29 is 4.79 Å². The third kappa shape index (κ3) is 4.36. The number of H-pyrrole nitrogens is 1. The number of anilines is 2. The lowest BCUT2D eigenvalue weighted by Gasteiger charge is -2.20. The summed E-state index contributed by atoms with van der Waals surface area (Å²) in [6.07, 6.45) is 3.53. The standard InChI is InChI=1S/C27H22ClN5O/c1-17-25(26(23-10-4-6-14-29-23)33-24-11-5-7-15-30-24)20-16-18(12-13-22(20)31-17)32-27(34)19-8-2-3-9-21(19)28/h2-16,26,31H,1H3,(H,30,33)(H,32,34)/t26-/m0/s1. The van der Waals surface area contributed by atoms with Crippen LogP contribution in [0.25, 0.3) is 10.9 Å². The third-order valence-electron chi connectivity index (χ3n) is 5.64. The lowest BCUT2D eigenvalue weighted by Crippen LogP contribution is -2.15. The number of aromatic nitrogens is 3. The molecule has 0 aliphatic rings. The Morgan fingerprint density at radius 3 is 2.44 bits per heavy atom. The van der Waals surface area contributed by atoms with E-state index in [2.05, 4.69) is 25.6 Å². The van der Waals surface area contributed by atoms with E-state index in [4.69, 9.17) is 11.6 Å². The second kappa shape index (κ2) is 9.37. The van der Waals surface area contributed by atoms with Gasteiger partial charge >= 0.3 is 0 Å². The molecule has 1 amide bonds. The third-order valence-corrected chi connectivity index (χ3v) is 5.97. The zero-order chi connectivity index (χ0) is 23.5. The fraction of sp³-hybridized carbons (Fsp3) is 0.0741. The zero-order valence-electron chi connectivity index (χ0n) is 18.4. The molecule has 0 bridgehead atoms. The van der Waals surface area contributed by atoms with Gasteiger partial charge in [-0.15, -0.1) is 0 Å². The highest BCUT2D eigenvalue weighted by Crippen LogP contribution is 2.35. The summed E-state index contributed by atoms with van der Waals surface area (Å²) in [5.74, 6) is 0.488. The number of hydrogen-bond donors (Lipinski definition) is 3. The molecule has 5 aromatic rings. The van der Waals surface area contributed by atoms with Crippen molar-refractivity contribution in [3.63, 3.8) is 0 Å². The van der Waals surface area contributed by atoms with Gasteiger partial charge < -0.3 is 15.6 Å². The number of hydrogen-bond acceptors (Lipinski definition) is 4. The van der Waals surface area contributed by atoms with Gasteiger partial charge in [0.05, 0.1) is 22.3 Å². The van der Waals surface area contributed by atoms with Gasteiger partial charge in [-0.1, -0.05) is 35.9 Å². The molecule has 0 aliphatic carbocycles. The molecular formula is C27H22ClN5O. The van der Waals surface area contributed by atoms with E-state index in [1.54, 1.807) is 36.7 Å². The first kappa shape index (κ1) is 21.7. The van der Waals surface area contributed by atoms with Crippen molar-refractivity contribution in [1.29, 1.82) is 0 Å². The number of rotatable bonds is 6. The van der Waals surface area contributed by atoms with Gasteiger partial charge in [-0.2, -0.15) is 0 Å². The number of nitrogens with one attached hydrogen (secondary N) is 3. The van der Waals surface area contributed by atoms with Crippen molar-refractivity contribution in [2.24, 2.45) is 0 Å². The number of carbonyl (C=O) groups is 1. The number of halogens is 1. The maximum Gasteiger partial charge on any atom is 0.257 e. The summed E-state index contributed by atoms with van der Waals surface area (Å²) in [4.78, 5) is 25.3. The minimum absolute atomic E-state index is 0.251. The van der Waals surface area contributed by atoms with Crippen LogP contribution in [0.4, 0.5) is 11.5 Å². The summed E-state index contributed by atoms with van der Waals surface area (Å²) in [5, 5.41) is 7.89. The molecule has 0 spiro atoms. The van der Waals surface area contributed by atoms with Crippen LogP contribution in [0.5, 0.6) is 0 Å². The minimum Gasteiger partial charge on any atom is -0.358 e. The molecule has 2 aromatic carbocycles. The SMILES string of the molecule is Cc1[nH]c2ccc(NC(=O)c3ccccc3Cl)cc2c1[C@@H](Nc1ccccn1)c1ccccn1. The van der Waals surface area contributed by atoms with E-state index in [-0.39, 0.29) is 11.9 Å². The number of amides is 1. The van der Waals surface area contributed by atoms with Crippen LogP contribution in [0, 0.1) is 6.92 Å². The number of pyridine rings is 2. The number of benzene rings is 2. The first-order valence-electron chi connectivity index (χ1n) is 10.9. The van der Waals surface area contributed by atoms with Crippen LogP contribution in [0.2, 0.25) is 5.02 Å². The molecule has 6 nitrogen and oxygen atoms in total. The van der Waals surface area contributed by atoms with Crippen molar-refractivity contribution in [2.45, 2.75) is 13.0 Å². The normalized spacial score (nSPS) is 11.8. The first-order valence-corrected chi connectivity index (χ1v) is 11.2. The van der Waals surface area contributed by atoms with Gasteiger partial charge in [0.25, 0.3) is 5.91 Å². The Bertz CT molecular complexity index is 1450. The predicted molar refractivity (Wildman–Crippen MR) is 136 cm³/mol. The van der Waals surface area contributed by atoms with E-state index in [9.17, 15) is 4.79 Å². The quantitative estimate of drug-likeness (QED) is 0.271. The predicted octanol–water partition coefficient (Wildman–Crippen LogP) is 6.37. The second-order valence-corrected chi connectivity index (χ2v) is 8.31. The minimum atomic E-state index is -0.258. The number of nitrogens with zero attached hydrogens (tertiary/aromatic N) is 2. The Balaban J connectivity index is 1.56. The Kier molecular flexibility index (Phi) is 5.97. The fourth-order valence-electron chi connectivity index (χ4n) is 4.08. The topological polar surface area (TPSA) is 82.7 Å².